The second-order valence-corrected chi connectivity index (χ2v) is 5.79. The van der Waals surface area contributed by atoms with E-state index >= 15 is 0 Å². The predicted molar refractivity (Wildman–Crippen MR) is 76.4 cm³/mol. The number of benzene rings is 1. The molecule has 1 amide bonds. The van der Waals surface area contributed by atoms with Crippen molar-refractivity contribution in [1.29, 1.82) is 0 Å². The molecule has 0 saturated heterocycles. The molecule has 2 N–H and O–H groups in total. The van der Waals surface area contributed by atoms with E-state index in [0.717, 1.165) is 12.2 Å². The van der Waals surface area contributed by atoms with Gasteiger partial charge in [-0.25, -0.2) is 0 Å². The molecule has 2 rings (SSSR count). The van der Waals surface area contributed by atoms with Crippen LogP contribution in [-0.4, -0.2) is 13.0 Å². The Bertz CT molecular complexity index is 475. The number of rotatable bonds is 6. The SMILES string of the molecule is COc1cc(C2CC2C(C)CCC(N)=O)ccc1Cl. The first-order valence-electron chi connectivity index (χ1n) is 6.64. The second kappa shape index (κ2) is 5.83. The van der Waals surface area contributed by atoms with Crippen molar-refractivity contribution in [2.75, 3.05) is 7.11 Å². The summed E-state index contributed by atoms with van der Waals surface area (Å²) in [5.74, 6) is 2.25. The summed E-state index contributed by atoms with van der Waals surface area (Å²) in [7, 11) is 1.63. The summed E-state index contributed by atoms with van der Waals surface area (Å²) in [6.45, 7) is 2.20. The molecule has 0 heterocycles. The number of carbonyl (C=O) groups is 1. The Kier molecular flexibility index (Phi) is 4.35. The van der Waals surface area contributed by atoms with Crippen molar-refractivity contribution in [3.8, 4) is 5.75 Å². The van der Waals surface area contributed by atoms with Crippen molar-refractivity contribution in [2.45, 2.75) is 32.1 Å². The average molecular weight is 282 g/mol. The minimum atomic E-state index is -0.211. The number of methoxy groups -OCH3 is 1. The molecule has 19 heavy (non-hydrogen) atoms. The Balaban J connectivity index is 1.96. The van der Waals surface area contributed by atoms with E-state index in [0.29, 0.717) is 29.2 Å². The van der Waals surface area contributed by atoms with Gasteiger partial charge in [-0.15, -0.1) is 0 Å². The van der Waals surface area contributed by atoms with Crippen LogP contribution in [0, 0.1) is 11.8 Å². The summed E-state index contributed by atoms with van der Waals surface area (Å²) in [5, 5.41) is 0.644. The van der Waals surface area contributed by atoms with Crippen LogP contribution in [0.3, 0.4) is 0 Å². The molecule has 0 aliphatic heterocycles. The molecule has 3 atom stereocenters. The van der Waals surface area contributed by atoms with Gasteiger partial charge in [-0.3, -0.25) is 4.79 Å². The van der Waals surface area contributed by atoms with Gasteiger partial charge in [0.25, 0.3) is 0 Å². The fourth-order valence-corrected chi connectivity index (χ4v) is 2.91. The van der Waals surface area contributed by atoms with Crippen molar-refractivity contribution in [3.63, 3.8) is 0 Å². The maximum atomic E-state index is 10.8. The molecular weight excluding hydrogens is 262 g/mol. The largest absolute Gasteiger partial charge is 0.495 e. The molecule has 1 aromatic rings. The van der Waals surface area contributed by atoms with Crippen LogP contribution >= 0.6 is 11.6 Å². The molecular formula is C15H20ClNO2. The van der Waals surface area contributed by atoms with E-state index in [1.807, 2.05) is 12.1 Å². The molecule has 1 fully saturated rings. The summed E-state index contributed by atoms with van der Waals surface area (Å²) in [4.78, 5) is 10.8. The first kappa shape index (κ1) is 14.2. The fraction of sp³-hybridized carbons (Fsp3) is 0.533. The minimum absolute atomic E-state index is 0.211. The van der Waals surface area contributed by atoms with Crippen molar-refractivity contribution >= 4 is 17.5 Å². The highest BCUT2D eigenvalue weighted by Crippen LogP contribution is 2.53. The highest BCUT2D eigenvalue weighted by atomic mass is 35.5. The number of ether oxygens (including phenoxy) is 1. The summed E-state index contributed by atoms with van der Waals surface area (Å²) in [6, 6.07) is 5.98. The molecule has 0 aromatic heterocycles. The lowest BCUT2D eigenvalue weighted by molar-refractivity contribution is -0.118. The van der Waals surface area contributed by atoms with E-state index in [-0.39, 0.29) is 5.91 Å². The van der Waals surface area contributed by atoms with Crippen molar-refractivity contribution in [3.05, 3.63) is 28.8 Å². The zero-order valence-corrected chi connectivity index (χ0v) is 12.1. The van der Waals surface area contributed by atoms with Gasteiger partial charge in [0.05, 0.1) is 12.1 Å². The van der Waals surface area contributed by atoms with E-state index in [1.165, 1.54) is 12.0 Å². The number of halogens is 1. The average Bonchev–Trinajstić information content (AvgIpc) is 3.16. The number of amides is 1. The van der Waals surface area contributed by atoms with Crippen LogP contribution in [-0.2, 0) is 4.79 Å². The standard InChI is InChI=1S/C15H20ClNO2/c1-9(3-6-15(17)18)11-8-12(11)10-4-5-13(16)14(7-10)19-2/h4-5,7,9,11-12H,3,6,8H2,1-2H3,(H2,17,18). The molecule has 1 aromatic carbocycles. The van der Waals surface area contributed by atoms with Crippen molar-refractivity contribution in [1.82, 2.24) is 0 Å². The molecule has 0 bridgehead atoms. The topological polar surface area (TPSA) is 52.3 Å². The van der Waals surface area contributed by atoms with Crippen LogP contribution < -0.4 is 10.5 Å². The van der Waals surface area contributed by atoms with Crippen LogP contribution in [0.2, 0.25) is 5.02 Å². The normalized spacial score (nSPS) is 22.9. The second-order valence-electron chi connectivity index (χ2n) is 5.38. The smallest absolute Gasteiger partial charge is 0.217 e. The maximum absolute atomic E-state index is 10.8. The first-order valence-corrected chi connectivity index (χ1v) is 7.02. The van der Waals surface area contributed by atoms with Crippen molar-refractivity contribution in [2.24, 2.45) is 17.6 Å². The Morgan fingerprint density at radius 3 is 2.95 bits per heavy atom. The molecule has 4 heteroatoms. The van der Waals surface area contributed by atoms with Gasteiger partial charge in [-0.05, 0) is 48.3 Å². The third kappa shape index (κ3) is 3.41. The maximum Gasteiger partial charge on any atom is 0.217 e. The summed E-state index contributed by atoms with van der Waals surface area (Å²) < 4.78 is 5.25. The lowest BCUT2D eigenvalue weighted by atomic mass is 9.96. The highest BCUT2D eigenvalue weighted by Gasteiger charge is 2.41. The van der Waals surface area contributed by atoms with Crippen LogP contribution in [0.15, 0.2) is 18.2 Å². The van der Waals surface area contributed by atoms with Gasteiger partial charge < -0.3 is 10.5 Å². The molecule has 104 valence electrons. The van der Waals surface area contributed by atoms with E-state index in [9.17, 15) is 4.79 Å². The number of hydrogen-bond donors (Lipinski definition) is 1. The molecule has 1 aliphatic rings. The van der Waals surface area contributed by atoms with E-state index < -0.39 is 0 Å². The third-order valence-corrected chi connectivity index (χ3v) is 4.33. The van der Waals surface area contributed by atoms with Crippen LogP contribution in [0.1, 0.15) is 37.7 Å². The Hall–Kier alpha value is -1.22. The molecule has 0 spiro atoms. The van der Waals surface area contributed by atoms with E-state index in [4.69, 9.17) is 22.1 Å². The Morgan fingerprint density at radius 1 is 1.58 bits per heavy atom. The number of carbonyl (C=O) groups excluding carboxylic acids is 1. The zero-order chi connectivity index (χ0) is 14.0. The van der Waals surface area contributed by atoms with Gasteiger partial charge in [0.1, 0.15) is 5.75 Å². The molecule has 3 unspecified atom stereocenters. The van der Waals surface area contributed by atoms with E-state index in [1.54, 1.807) is 7.11 Å². The molecule has 0 radical (unpaired) electrons. The Labute approximate surface area is 119 Å². The van der Waals surface area contributed by atoms with Crippen LogP contribution in [0.25, 0.3) is 0 Å². The van der Waals surface area contributed by atoms with Gasteiger partial charge >= 0.3 is 0 Å². The van der Waals surface area contributed by atoms with Gasteiger partial charge in [-0.1, -0.05) is 24.6 Å². The van der Waals surface area contributed by atoms with Gasteiger partial charge in [0.2, 0.25) is 5.91 Å². The predicted octanol–water partition coefficient (Wildman–Crippen LogP) is 3.35. The monoisotopic (exact) mass is 281 g/mol. The van der Waals surface area contributed by atoms with Crippen LogP contribution in [0.5, 0.6) is 5.75 Å². The highest BCUT2D eigenvalue weighted by molar-refractivity contribution is 6.32. The van der Waals surface area contributed by atoms with Gasteiger partial charge in [0.15, 0.2) is 0 Å². The van der Waals surface area contributed by atoms with Crippen molar-refractivity contribution < 1.29 is 9.53 Å². The Morgan fingerprint density at radius 2 is 2.32 bits per heavy atom. The molecule has 3 nitrogen and oxygen atoms in total. The molecule has 1 aliphatic carbocycles. The van der Waals surface area contributed by atoms with Gasteiger partial charge in [0, 0.05) is 6.42 Å². The number of hydrogen-bond acceptors (Lipinski definition) is 2. The lowest BCUT2D eigenvalue weighted by Gasteiger charge is -2.11. The van der Waals surface area contributed by atoms with Gasteiger partial charge in [-0.2, -0.15) is 0 Å². The van der Waals surface area contributed by atoms with E-state index in [2.05, 4.69) is 13.0 Å². The minimum Gasteiger partial charge on any atom is -0.495 e. The summed E-state index contributed by atoms with van der Waals surface area (Å²) in [6.07, 6.45) is 2.53. The third-order valence-electron chi connectivity index (χ3n) is 4.02. The zero-order valence-electron chi connectivity index (χ0n) is 11.4. The first-order chi connectivity index (χ1) is 9.02. The quantitative estimate of drug-likeness (QED) is 0.869. The lowest BCUT2D eigenvalue weighted by Crippen LogP contribution is -2.12. The van der Waals surface area contributed by atoms with Crippen LogP contribution in [0.4, 0.5) is 0 Å². The molecule has 1 saturated carbocycles. The summed E-state index contributed by atoms with van der Waals surface area (Å²) in [5.41, 5.74) is 6.47. The number of nitrogens with two attached hydrogens (primary N) is 1. The summed E-state index contributed by atoms with van der Waals surface area (Å²) >= 11 is 6.03. The fourth-order valence-electron chi connectivity index (χ4n) is 2.72. The number of primary amides is 1.